The predicted octanol–water partition coefficient (Wildman–Crippen LogP) is 4.70. The van der Waals surface area contributed by atoms with Crippen molar-refractivity contribution in [1.29, 1.82) is 0 Å². The van der Waals surface area contributed by atoms with Gasteiger partial charge in [-0.2, -0.15) is 0 Å². The number of fused-ring (bicyclic) bond motifs is 4. The Morgan fingerprint density at radius 3 is 2.76 bits per heavy atom. The summed E-state index contributed by atoms with van der Waals surface area (Å²) in [7, 11) is 0. The maximum absolute atomic E-state index is 13.4. The molecule has 1 unspecified atom stereocenters. The van der Waals surface area contributed by atoms with E-state index in [1.54, 1.807) is 22.2 Å². The van der Waals surface area contributed by atoms with Gasteiger partial charge in [0.05, 0.1) is 18.3 Å². The summed E-state index contributed by atoms with van der Waals surface area (Å²) >= 11 is 1.68. The zero-order valence-electron chi connectivity index (χ0n) is 18.2. The van der Waals surface area contributed by atoms with Crippen molar-refractivity contribution in [2.45, 2.75) is 38.4 Å². The molecule has 0 fully saturated rings. The van der Waals surface area contributed by atoms with Crippen molar-refractivity contribution in [2.75, 3.05) is 0 Å². The van der Waals surface area contributed by atoms with E-state index in [0.29, 0.717) is 12.6 Å². The van der Waals surface area contributed by atoms with Gasteiger partial charge in [0.1, 0.15) is 4.83 Å². The molecule has 0 amide bonds. The van der Waals surface area contributed by atoms with Crippen LogP contribution in [0.2, 0.25) is 0 Å². The Hall–Kier alpha value is -3.35. The van der Waals surface area contributed by atoms with E-state index in [0.717, 1.165) is 41.6 Å². The fraction of sp³-hybridized carbons (Fsp3) is 0.222. The highest BCUT2D eigenvalue weighted by atomic mass is 32.1. The number of hydrogen-bond donors (Lipinski definition) is 1. The molecule has 3 heterocycles. The van der Waals surface area contributed by atoms with Crippen molar-refractivity contribution in [3.05, 3.63) is 105 Å². The molecule has 0 aliphatic heterocycles. The minimum Gasteiger partial charge on any atom is -0.310 e. The third-order valence-electron chi connectivity index (χ3n) is 6.55. The lowest BCUT2D eigenvalue weighted by Gasteiger charge is -2.23. The van der Waals surface area contributed by atoms with Gasteiger partial charge in [-0.25, -0.2) is 4.98 Å². The summed E-state index contributed by atoms with van der Waals surface area (Å²) in [5.41, 5.74) is 3.64. The molecule has 6 rings (SSSR count). The lowest BCUT2D eigenvalue weighted by Crippen LogP contribution is -2.33. The summed E-state index contributed by atoms with van der Waals surface area (Å²) in [5.74, 6) is 0. The van der Waals surface area contributed by atoms with E-state index in [2.05, 4.69) is 45.6 Å². The fourth-order valence-electron chi connectivity index (χ4n) is 4.78. The Morgan fingerprint density at radius 2 is 1.88 bits per heavy atom. The lowest BCUT2D eigenvalue weighted by atomic mass is 9.93. The third-order valence-corrected chi connectivity index (χ3v) is 7.71. The summed E-state index contributed by atoms with van der Waals surface area (Å²) in [5, 5.41) is 6.90. The molecular formula is C27H24N4OS. The van der Waals surface area contributed by atoms with Crippen LogP contribution in [0.15, 0.2) is 78.1 Å². The molecule has 3 aromatic heterocycles. The molecule has 33 heavy (non-hydrogen) atoms. The molecule has 0 bridgehead atoms. The Labute approximate surface area is 195 Å². The number of pyridine rings is 1. The number of rotatable bonds is 5. The normalized spacial score (nSPS) is 15.7. The van der Waals surface area contributed by atoms with Gasteiger partial charge >= 0.3 is 0 Å². The number of aromatic nitrogens is 3. The first-order valence-electron chi connectivity index (χ1n) is 11.3. The highest BCUT2D eigenvalue weighted by Gasteiger charge is 2.25. The van der Waals surface area contributed by atoms with Gasteiger partial charge in [0.2, 0.25) is 0 Å². The minimum absolute atomic E-state index is 0.0776. The zero-order valence-corrected chi connectivity index (χ0v) is 19.0. The van der Waals surface area contributed by atoms with Gasteiger partial charge < -0.3 is 5.32 Å². The smallest absolute Gasteiger partial charge is 0.262 e. The van der Waals surface area contributed by atoms with Crippen LogP contribution >= 0.6 is 11.3 Å². The van der Waals surface area contributed by atoms with E-state index < -0.39 is 0 Å². The van der Waals surface area contributed by atoms with Crippen LogP contribution in [0.1, 0.15) is 28.0 Å². The number of aryl methyl sites for hydroxylation is 1. The molecule has 5 aromatic rings. The van der Waals surface area contributed by atoms with Crippen LogP contribution in [0.4, 0.5) is 0 Å². The first-order chi connectivity index (χ1) is 16.2. The number of nitrogens with zero attached hydrogens (tertiary/aromatic N) is 3. The molecule has 5 nitrogen and oxygen atoms in total. The van der Waals surface area contributed by atoms with E-state index in [1.165, 1.54) is 26.8 Å². The number of hydrogen-bond acceptors (Lipinski definition) is 5. The van der Waals surface area contributed by atoms with Crippen LogP contribution in [0, 0.1) is 0 Å². The van der Waals surface area contributed by atoms with Gasteiger partial charge in [0.25, 0.3) is 5.56 Å². The van der Waals surface area contributed by atoms with Crippen molar-refractivity contribution in [3.63, 3.8) is 0 Å². The van der Waals surface area contributed by atoms with Crippen LogP contribution in [0.25, 0.3) is 21.0 Å². The maximum atomic E-state index is 13.4. The molecule has 0 radical (unpaired) electrons. The minimum atomic E-state index is 0.0776. The van der Waals surface area contributed by atoms with Crippen LogP contribution in [0.5, 0.6) is 0 Å². The van der Waals surface area contributed by atoms with Crippen LogP contribution in [-0.2, 0) is 25.9 Å². The first-order valence-corrected chi connectivity index (χ1v) is 12.2. The summed E-state index contributed by atoms with van der Waals surface area (Å²) in [6, 6.07) is 19.2. The summed E-state index contributed by atoms with van der Waals surface area (Å²) in [6.07, 6.45) is 8.27. The second-order valence-corrected chi connectivity index (χ2v) is 9.80. The number of nitrogens with one attached hydrogen (secondary N) is 1. The van der Waals surface area contributed by atoms with Crippen LogP contribution in [0.3, 0.4) is 0 Å². The van der Waals surface area contributed by atoms with Crippen molar-refractivity contribution < 1.29 is 0 Å². The third kappa shape index (κ3) is 3.96. The number of thiophene rings is 1. The molecule has 1 atom stereocenters. The average Bonchev–Trinajstić information content (AvgIpc) is 3.23. The van der Waals surface area contributed by atoms with Crippen LogP contribution < -0.4 is 10.9 Å². The van der Waals surface area contributed by atoms with E-state index in [-0.39, 0.29) is 5.56 Å². The number of benzene rings is 2. The van der Waals surface area contributed by atoms with Crippen molar-refractivity contribution >= 4 is 32.3 Å². The van der Waals surface area contributed by atoms with E-state index in [9.17, 15) is 4.79 Å². The Balaban J connectivity index is 1.25. The quantitative estimate of drug-likeness (QED) is 0.420. The monoisotopic (exact) mass is 452 g/mol. The summed E-state index contributed by atoms with van der Waals surface area (Å²) in [4.78, 5) is 24.4. The molecule has 2 aromatic carbocycles. The Kier molecular flexibility index (Phi) is 5.24. The van der Waals surface area contributed by atoms with E-state index in [1.807, 2.05) is 36.7 Å². The highest BCUT2D eigenvalue weighted by Crippen LogP contribution is 2.33. The van der Waals surface area contributed by atoms with Gasteiger partial charge in [-0.1, -0.05) is 36.4 Å². The molecule has 0 saturated carbocycles. The molecule has 1 aliphatic carbocycles. The molecular weight excluding hydrogens is 428 g/mol. The van der Waals surface area contributed by atoms with Gasteiger partial charge in [0, 0.05) is 29.9 Å². The van der Waals surface area contributed by atoms with Crippen molar-refractivity contribution in [3.8, 4) is 0 Å². The molecule has 6 heteroatoms. The summed E-state index contributed by atoms with van der Waals surface area (Å²) < 4.78 is 1.76. The largest absolute Gasteiger partial charge is 0.310 e. The first kappa shape index (κ1) is 20.3. The second kappa shape index (κ2) is 8.54. The van der Waals surface area contributed by atoms with Gasteiger partial charge in [-0.05, 0) is 64.9 Å². The molecule has 1 aliphatic rings. The fourth-order valence-corrected chi connectivity index (χ4v) is 6.04. The molecule has 164 valence electrons. The van der Waals surface area contributed by atoms with Gasteiger partial charge in [-0.3, -0.25) is 14.3 Å². The standard InChI is InChI=1S/C27H24N4OS/c32-27-25-23-8-7-22(29-15-18-9-11-28-12-10-18)14-24(23)33-26(25)30-17-31(27)16-19-5-6-20-3-1-2-4-21(20)13-19/h1-6,9-13,17,22,29H,7-8,14-16H2. The van der Waals surface area contributed by atoms with Crippen LogP contribution in [-0.4, -0.2) is 20.6 Å². The molecule has 1 N–H and O–H groups in total. The summed E-state index contributed by atoms with van der Waals surface area (Å²) in [6.45, 7) is 1.37. The SMILES string of the molecule is O=c1c2c3c(sc2ncn1Cc1ccc2ccccc2c1)CC(NCc1ccncc1)CC3. The van der Waals surface area contributed by atoms with Gasteiger partial charge in [-0.15, -0.1) is 11.3 Å². The second-order valence-electron chi connectivity index (χ2n) is 8.72. The molecule has 0 spiro atoms. The van der Waals surface area contributed by atoms with Crippen molar-refractivity contribution in [1.82, 2.24) is 19.9 Å². The zero-order chi connectivity index (χ0) is 22.2. The topological polar surface area (TPSA) is 59.8 Å². The van der Waals surface area contributed by atoms with Crippen molar-refractivity contribution in [2.24, 2.45) is 0 Å². The van der Waals surface area contributed by atoms with Gasteiger partial charge in [0.15, 0.2) is 0 Å². The molecule has 0 saturated heterocycles. The van der Waals surface area contributed by atoms with E-state index >= 15 is 0 Å². The Morgan fingerprint density at radius 1 is 1.03 bits per heavy atom. The highest BCUT2D eigenvalue weighted by molar-refractivity contribution is 7.18. The maximum Gasteiger partial charge on any atom is 0.262 e. The van der Waals surface area contributed by atoms with E-state index in [4.69, 9.17) is 0 Å². The predicted molar refractivity (Wildman–Crippen MR) is 134 cm³/mol. The average molecular weight is 453 g/mol. The Bertz CT molecular complexity index is 1510. The lowest BCUT2D eigenvalue weighted by molar-refractivity contribution is 0.462.